The van der Waals surface area contributed by atoms with Gasteiger partial charge in [-0.3, -0.25) is 9.36 Å². The number of carbonyl (C=O) groups excluding carboxylic acids is 1. The van der Waals surface area contributed by atoms with E-state index >= 15 is 0 Å². The van der Waals surface area contributed by atoms with Crippen molar-refractivity contribution < 1.29 is 14.3 Å². The Morgan fingerprint density at radius 3 is 2.89 bits per heavy atom. The first kappa shape index (κ1) is 12.4. The molecule has 0 radical (unpaired) electrons. The van der Waals surface area contributed by atoms with Gasteiger partial charge in [0.1, 0.15) is 6.61 Å². The molecule has 0 saturated carbocycles. The zero-order valence-corrected chi connectivity index (χ0v) is 10.2. The molecule has 1 amide bonds. The van der Waals surface area contributed by atoms with Gasteiger partial charge in [-0.1, -0.05) is 6.07 Å². The molecule has 2 aromatic rings. The summed E-state index contributed by atoms with van der Waals surface area (Å²) in [7, 11) is 3.23. The van der Waals surface area contributed by atoms with Gasteiger partial charge in [-0.25, -0.2) is 4.79 Å². The Kier molecular flexibility index (Phi) is 3.20. The average molecular weight is 250 g/mol. The van der Waals surface area contributed by atoms with Crippen LogP contribution < -0.4 is 5.76 Å². The number of nitrogens with zero attached hydrogens (tertiary/aromatic N) is 2. The highest BCUT2D eigenvalue weighted by Gasteiger charge is 2.10. The molecule has 6 heteroatoms. The molecule has 0 spiro atoms. The van der Waals surface area contributed by atoms with Crippen LogP contribution >= 0.6 is 0 Å². The lowest BCUT2D eigenvalue weighted by Crippen LogP contribution is -2.28. The monoisotopic (exact) mass is 250 g/mol. The van der Waals surface area contributed by atoms with Crippen molar-refractivity contribution >= 4 is 17.0 Å². The summed E-state index contributed by atoms with van der Waals surface area (Å²) in [6.07, 6.45) is 0. The number of hydrogen-bond donors (Lipinski definition) is 1. The number of benzene rings is 1. The topological polar surface area (TPSA) is 75.7 Å². The first-order valence-corrected chi connectivity index (χ1v) is 5.46. The number of carbonyl (C=O) groups is 1. The van der Waals surface area contributed by atoms with Crippen molar-refractivity contribution in [1.82, 2.24) is 9.47 Å². The highest BCUT2D eigenvalue weighted by Crippen LogP contribution is 2.15. The number of rotatable bonds is 3. The second-order valence-electron chi connectivity index (χ2n) is 4.14. The van der Waals surface area contributed by atoms with Crippen molar-refractivity contribution in [2.45, 2.75) is 6.54 Å². The fourth-order valence-corrected chi connectivity index (χ4v) is 1.75. The molecule has 0 atom stereocenters. The average Bonchev–Trinajstić information content (AvgIpc) is 2.64. The van der Waals surface area contributed by atoms with E-state index in [1.165, 1.54) is 9.47 Å². The second-order valence-corrected chi connectivity index (χ2v) is 4.14. The van der Waals surface area contributed by atoms with Crippen molar-refractivity contribution in [3.8, 4) is 0 Å². The smallest absolute Gasteiger partial charge is 0.408 e. The van der Waals surface area contributed by atoms with Crippen molar-refractivity contribution in [2.75, 3.05) is 13.7 Å². The number of aliphatic hydroxyl groups excluding tert-OH is 1. The van der Waals surface area contributed by atoms with Gasteiger partial charge in [-0.15, -0.1) is 0 Å². The molecule has 1 heterocycles. The van der Waals surface area contributed by atoms with E-state index in [4.69, 9.17) is 9.52 Å². The van der Waals surface area contributed by atoms with E-state index in [9.17, 15) is 9.59 Å². The molecule has 0 fully saturated rings. The van der Waals surface area contributed by atoms with Crippen molar-refractivity contribution in [3.05, 3.63) is 34.3 Å². The standard InChI is InChI=1S/C12H14N2O4/c1-13(11(16)7-15)6-8-3-4-10-9(5-8)14(2)12(17)18-10/h3-5,15H,6-7H2,1-2H3. The van der Waals surface area contributed by atoms with Crippen LogP contribution in [0.15, 0.2) is 27.4 Å². The third-order valence-corrected chi connectivity index (χ3v) is 2.84. The van der Waals surface area contributed by atoms with Gasteiger partial charge in [0, 0.05) is 20.6 Å². The fraction of sp³-hybridized carbons (Fsp3) is 0.333. The van der Waals surface area contributed by atoms with E-state index in [1.807, 2.05) is 0 Å². The quantitative estimate of drug-likeness (QED) is 0.837. The molecule has 0 bridgehead atoms. The summed E-state index contributed by atoms with van der Waals surface area (Å²) in [6.45, 7) is -0.141. The van der Waals surface area contributed by atoms with Crippen LogP contribution in [0.4, 0.5) is 0 Å². The van der Waals surface area contributed by atoms with Gasteiger partial charge in [0.05, 0.1) is 5.52 Å². The van der Waals surface area contributed by atoms with Gasteiger partial charge >= 0.3 is 5.76 Å². The summed E-state index contributed by atoms with van der Waals surface area (Å²) in [6, 6.07) is 5.27. The molecule has 2 rings (SSSR count). The highest BCUT2D eigenvalue weighted by atomic mass is 16.4. The second kappa shape index (κ2) is 4.66. The Labute approximate surface area is 103 Å². The van der Waals surface area contributed by atoms with Crippen LogP contribution in [0.2, 0.25) is 0 Å². The number of aromatic nitrogens is 1. The van der Waals surface area contributed by atoms with Crippen molar-refractivity contribution in [2.24, 2.45) is 7.05 Å². The summed E-state index contributed by atoms with van der Waals surface area (Å²) in [5.41, 5.74) is 2.06. The lowest BCUT2D eigenvalue weighted by atomic mass is 10.2. The molecule has 1 aromatic heterocycles. The fourth-order valence-electron chi connectivity index (χ4n) is 1.75. The molecule has 0 saturated heterocycles. The molecule has 18 heavy (non-hydrogen) atoms. The van der Waals surface area contributed by atoms with Gasteiger partial charge in [-0.05, 0) is 17.7 Å². The lowest BCUT2D eigenvalue weighted by Gasteiger charge is -2.15. The summed E-state index contributed by atoms with van der Waals surface area (Å²) >= 11 is 0. The minimum absolute atomic E-state index is 0.351. The Bertz CT molecular complexity index is 641. The maximum absolute atomic E-state index is 11.3. The molecule has 0 unspecified atom stereocenters. The first-order chi connectivity index (χ1) is 8.52. The Morgan fingerprint density at radius 2 is 2.22 bits per heavy atom. The predicted octanol–water partition coefficient (Wildman–Crippen LogP) is 0.0822. The van der Waals surface area contributed by atoms with Gasteiger partial charge < -0.3 is 14.4 Å². The summed E-state index contributed by atoms with van der Waals surface area (Å²) in [5, 5.41) is 8.75. The molecule has 1 N–H and O–H groups in total. The number of likely N-dealkylation sites (N-methyl/N-ethyl adjacent to an activating group) is 1. The van der Waals surface area contributed by atoms with Crippen LogP contribution in [-0.4, -0.2) is 34.1 Å². The Balaban J connectivity index is 2.33. The van der Waals surface area contributed by atoms with Crippen LogP contribution in [0.25, 0.3) is 11.1 Å². The largest absolute Gasteiger partial charge is 0.419 e. The number of oxazole rings is 1. The maximum atomic E-state index is 11.3. The van der Waals surface area contributed by atoms with Crippen LogP contribution in [0.3, 0.4) is 0 Å². The van der Waals surface area contributed by atoms with Crippen molar-refractivity contribution in [1.29, 1.82) is 0 Å². The number of fused-ring (bicyclic) bond motifs is 1. The molecule has 1 aromatic carbocycles. The van der Waals surface area contributed by atoms with E-state index < -0.39 is 12.4 Å². The minimum Gasteiger partial charge on any atom is -0.408 e. The predicted molar refractivity (Wildman–Crippen MR) is 65.0 cm³/mol. The Morgan fingerprint density at radius 1 is 1.50 bits per heavy atom. The molecule has 0 aliphatic carbocycles. The molecule has 96 valence electrons. The first-order valence-electron chi connectivity index (χ1n) is 5.46. The zero-order chi connectivity index (χ0) is 13.3. The third kappa shape index (κ3) is 2.14. The van der Waals surface area contributed by atoms with Crippen molar-refractivity contribution in [3.63, 3.8) is 0 Å². The molecule has 0 aliphatic heterocycles. The normalized spacial score (nSPS) is 10.8. The highest BCUT2D eigenvalue weighted by molar-refractivity contribution is 5.77. The SMILES string of the molecule is CN(Cc1ccc2oc(=O)n(C)c2c1)C(=O)CO. The van der Waals surface area contributed by atoms with E-state index in [2.05, 4.69) is 0 Å². The van der Waals surface area contributed by atoms with Crippen LogP contribution in [-0.2, 0) is 18.4 Å². The van der Waals surface area contributed by atoms with Crippen LogP contribution in [0.5, 0.6) is 0 Å². The van der Waals surface area contributed by atoms with Crippen LogP contribution in [0.1, 0.15) is 5.56 Å². The zero-order valence-electron chi connectivity index (χ0n) is 10.2. The lowest BCUT2D eigenvalue weighted by molar-refractivity contribution is -0.133. The van der Waals surface area contributed by atoms with E-state index in [1.54, 1.807) is 32.3 Å². The number of aliphatic hydroxyl groups is 1. The molecular weight excluding hydrogens is 236 g/mol. The third-order valence-electron chi connectivity index (χ3n) is 2.84. The van der Waals surface area contributed by atoms with Gasteiger partial charge in [-0.2, -0.15) is 0 Å². The van der Waals surface area contributed by atoms with Gasteiger partial charge in [0.2, 0.25) is 5.91 Å². The number of hydrogen-bond acceptors (Lipinski definition) is 4. The summed E-state index contributed by atoms with van der Waals surface area (Å²) in [5.74, 6) is -0.766. The maximum Gasteiger partial charge on any atom is 0.419 e. The summed E-state index contributed by atoms with van der Waals surface area (Å²) in [4.78, 5) is 24.0. The molecular formula is C12H14N2O4. The minimum atomic E-state index is -0.511. The number of amides is 1. The van der Waals surface area contributed by atoms with Gasteiger partial charge in [0.25, 0.3) is 0 Å². The van der Waals surface area contributed by atoms with E-state index in [0.29, 0.717) is 17.6 Å². The number of aryl methyl sites for hydroxylation is 1. The van der Waals surface area contributed by atoms with Gasteiger partial charge in [0.15, 0.2) is 5.58 Å². The molecule has 0 aliphatic rings. The Hall–Kier alpha value is -2.08. The van der Waals surface area contributed by atoms with E-state index in [0.717, 1.165) is 5.56 Å². The summed E-state index contributed by atoms with van der Waals surface area (Å²) < 4.78 is 6.42. The van der Waals surface area contributed by atoms with E-state index in [-0.39, 0.29) is 5.91 Å². The molecule has 6 nitrogen and oxygen atoms in total. The van der Waals surface area contributed by atoms with Crippen LogP contribution in [0, 0.1) is 0 Å².